The molecule has 0 saturated heterocycles. The van der Waals surface area contributed by atoms with Crippen LogP contribution >= 0.6 is 0 Å². The van der Waals surface area contributed by atoms with E-state index in [1.165, 1.54) is 7.11 Å². The van der Waals surface area contributed by atoms with Crippen LogP contribution in [0.2, 0.25) is 0 Å². The smallest absolute Gasteiger partial charge is 0.352 e. The first kappa shape index (κ1) is 21.0. The Bertz CT molecular complexity index is 1190. The van der Waals surface area contributed by atoms with E-state index in [2.05, 4.69) is 10.4 Å². The summed E-state index contributed by atoms with van der Waals surface area (Å²) in [4.78, 5) is 38.7. The van der Waals surface area contributed by atoms with Crippen LogP contribution in [0.15, 0.2) is 52.1 Å². The van der Waals surface area contributed by atoms with Crippen LogP contribution in [0, 0.1) is 13.8 Å². The fourth-order valence-corrected chi connectivity index (χ4v) is 3.24. The summed E-state index contributed by atoms with van der Waals surface area (Å²) in [6.45, 7) is 5.86. The second-order valence-corrected chi connectivity index (χ2v) is 6.99. The van der Waals surface area contributed by atoms with Gasteiger partial charge >= 0.3 is 5.69 Å². The van der Waals surface area contributed by atoms with E-state index in [9.17, 15) is 14.4 Å². The third-order valence-corrected chi connectivity index (χ3v) is 4.54. The minimum atomic E-state index is -0.741. The van der Waals surface area contributed by atoms with Gasteiger partial charge < -0.3 is 10.1 Å². The predicted octanol–water partition coefficient (Wildman–Crippen LogP) is 1.82. The van der Waals surface area contributed by atoms with Crippen molar-refractivity contribution in [3.63, 3.8) is 0 Å². The second-order valence-electron chi connectivity index (χ2n) is 6.99. The number of amides is 1. The summed E-state index contributed by atoms with van der Waals surface area (Å²) in [6, 6.07) is 12.6. The number of aromatic nitrogens is 3. The van der Waals surface area contributed by atoms with Gasteiger partial charge in [0.15, 0.2) is 0 Å². The van der Waals surface area contributed by atoms with Crippen molar-refractivity contribution in [3.05, 3.63) is 85.7 Å². The maximum absolute atomic E-state index is 13.2. The van der Waals surface area contributed by atoms with Crippen molar-refractivity contribution in [1.29, 1.82) is 0 Å². The molecule has 0 fully saturated rings. The lowest BCUT2D eigenvalue weighted by atomic mass is 10.1. The predicted molar refractivity (Wildman–Crippen MR) is 114 cm³/mol. The number of nitrogens with zero attached hydrogens (tertiary/aromatic N) is 3. The zero-order valence-corrected chi connectivity index (χ0v) is 17.4. The van der Waals surface area contributed by atoms with Gasteiger partial charge in [-0.05, 0) is 61.7 Å². The first-order valence-electron chi connectivity index (χ1n) is 9.58. The van der Waals surface area contributed by atoms with Crippen molar-refractivity contribution in [2.75, 3.05) is 13.7 Å². The van der Waals surface area contributed by atoms with E-state index in [4.69, 9.17) is 4.74 Å². The lowest BCUT2D eigenvalue weighted by molar-refractivity contribution is 0.0946. The van der Waals surface area contributed by atoms with Crippen LogP contribution < -0.4 is 21.3 Å². The monoisotopic (exact) mass is 408 g/mol. The van der Waals surface area contributed by atoms with Gasteiger partial charge in [0.05, 0.1) is 19.3 Å². The maximum Gasteiger partial charge on any atom is 0.352 e. The van der Waals surface area contributed by atoms with Crippen LogP contribution in [-0.2, 0) is 6.54 Å². The second kappa shape index (κ2) is 8.77. The number of aryl methyl sites for hydroxylation is 2. The Morgan fingerprint density at radius 3 is 2.43 bits per heavy atom. The molecule has 8 heteroatoms. The third-order valence-electron chi connectivity index (χ3n) is 4.54. The molecule has 3 rings (SSSR count). The molecule has 0 atom stereocenters. The molecule has 0 aliphatic rings. The van der Waals surface area contributed by atoms with Gasteiger partial charge in [0, 0.05) is 6.54 Å². The van der Waals surface area contributed by atoms with E-state index in [1.807, 2.05) is 19.9 Å². The topological polar surface area (TPSA) is 95.2 Å². The Morgan fingerprint density at radius 1 is 1.10 bits per heavy atom. The summed E-state index contributed by atoms with van der Waals surface area (Å²) < 4.78 is 7.34. The van der Waals surface area contributed by atoms with E-state index in [1.54, 1.807) is 43.3 Å². The number of carbonyl (C=O) groups is 1. The Labute approximate surface area is 173 Å². The van der Waals surface area contributed by atoms with Gasteiger partial charge in [-0.25, -0.2) is 4.79 Å². The van der Waals surface area contributed by atoms with Crippen LogP contribution in [0.1, 0.15) is 34.1 Å². The van der Waals surface area contributed by atoms with Gasteiger partial charge in [-0.2, -0.15) is 9.78 Å². The summed E-state index contributed by atoms with van der Waals surface area (Å²) in [5.74, 6) is -0.0202. The quantitative estimate of drug-likeness (QED) is 0.671. The Kier molecular flexibility index (Phi) is 6.15. The molecule has 156 valence electrons. The highest BCUT2D eigenvalue weighted by molar-refractivity contribution is 5.91. The van der Waals surface area contributed by atoms with Crippen LogP contribution in [0.25, 0.3) is 5.69 Å². The number of nitrogens with one attached hydrogen (secondary N) is 1. The molecule has 0 aliphatic carbocycles. The SMILES string of the molecule is CCNC(=O)c1nn(-c2cc(C)cc(C)c2)c(=O)n(Cc2cccc(OC)c2)c1=O. The highest BCUT2D eigenvalue weighted by atomic mass is 16.5. The van der Waals surface area contributed by atoms with Gasteiger partial charge in [-0.1, -0.05) is 18.2 Å². The zero-order valence-electron chi connectivity index (χ0n) is 17.4. The summed E-state index contributed by atoms with van der Waals surface area (Å²) in [5.41, 5.74) is 1.34. The largest absolute Gasteiger partial charge is 0.497 e. The third kappa shape index (κ3) is 4.32. The molecule has 0 bridgehead atoms. The maximum atomic E-state index is 13.2. The molecule has 30 heavy (non-hydrogen) atoms. The lowest BCUT2D eigenvalue weighted by Gasteiger charge is -2.13. The van der Waals surface area contributed by atoms with E-state index in [-0.39, 0.29) is 12.2 Å². The number of ether oxygens (including phenoxy) is 1. The van der Waals surface area contributed by atoms with Gasteiger partial charge in [-0.3, -0.25) is 14.2 Å². The first-order valence-corrected chi connectivity index (χ1v) is 9.58. The molecule has 1 amide bonds. The number of rotatable bonds is 6. The molecular weight excluding hydrogens is 384 g/mol. The van der Waals surface area contributed by atoms with Crippen LogP contribution in [0.3, 0.4) is 0 Å². The van der Waals surface area contributed by atoms with Crippen LogP contribution in [-0.4, -0.2) is 33.9 Å². The lowest BCUT2D eigenvalue weighted by Crippen LogP contribution is -2.46. The first-order chi connectivity index (χ1) is 14.3. The highest BCUT2D eigenvalue weighted by Gasteiger charge is 2.20. The van der Waals surface area contributed by atoms with E-state index in [0.717, 1.165) is 20.4 Å². The summed E-state index contributed by atoms with van der Waals surface area (Å²) in [7, 11) is 1.54. The molecule has 0 saturated carbocycles. The van der Waals surface area contributed by atoms with Crippen molar-refractivity contribution in [2.24, 2.45) is 0 Å². The number of carbonyl (C=O) groups excluding carboxylic acids is 1. The molecule has 1 aromatic heterocycles. The summed E-state index contributed by atoms with van der Waals surface area (Å²) in [5, 5.41) is 6.70. The fraction of sp³-hybridized carbons (Fsp3) is 0.273. The van der Waals surface area contributed by atoms with Crippen LogP contribution in [0.5, 0.6) is 5.75 Å². The number of hydrogen-bond acceptors (Lipinski definition) is 5. The molecule has 2 aromatic carbocycles. The van der Waals surface area contributed by atoms with Crippen molar-refractivity contribution in [1.82, 2.24) is 19.7 Å². The minimum Gasteiger partial charge on any atom is -0.497 e. The molecule has 1 heterocycles. The summed E-state index contributed by atoms with van der Waals surface area (Å²) in [6.07, 6.45) is 0. The Morgan fingerprint density at radius 2 is 1.80 bits per heavy atom. The van der Waals surface area contributed by atoms with Crippen molar-refractivity contribution in [2.45, 2.75) is 27.3 Å². The average molecular weight is 408 g/mol. The van der Waals surface area contributed by atoms with Gasteiger partial charge in [0.25, 0.3) is 11.5 Å². The number of methoxy groups -OCH3 is 1. The Hall–Kier alpha value is -3.68. The minimum absolute atomic E-state index is 0.0193. The van der Waals surface area contributed by atoms with Gasteiger partial charge in [0.2, 0.25) is 5.69 Å². The van der Waals surface area contributed by atoms with Crippen molar-refractivity contribution in [3.8, 4) is 11.4 Å². The summed E-state index contributed by atoms with van der Waals surface area (Å²) >= 11 is 0. The molecule has 0 unspecified atom stereocenters. The number of benzene rings is 2. The number of hydrogen-bond donors (Lipinski definition) is 1. The standard InChI is InChI=1S/C22H24N4O4/c1-5-23-20(27)19-21(28)25(13-16-7-6-8-18(12-16)30-4)22(29)26(24-19)17-10-14(2)9-15(3)11-17/h6-12H,5,13H2,1-4H3,(H,23,27). The zero-order chi connectivity index (χ0) is 21.8. The molecule has 3 aromatic rings. The average Bonchev–Trinajstić information content (AvgIpc) is 2.70. The van der Waals surface area contributed by atoms with Crippen molar-refractivity contribution < 1.29 is 9.53 Å². The van der Waals surface area contributed by atoms with Gasteiger partial charge in [-0.15, -0.1) is 0 Å². The van der Waals surface area contributed by atoms with Crippen LogP contribution in [0.4, 0.5) is 0 Å². The van der Waals surface area contributed by atoms with E-state index < -0.39 is 17.2 Å². The normalized spacial score (nSPS) is 10.7. The molecule has 8 nitrogen and oxygen atoms in total. The molecule has 0 aliphatic heterocycles. The molecule has 0 radical (unpaired) electrons. The fourth-order valence-electron chi connectivity index (χ4n) is 3.24. The Balaban J connectivity index is 2.24. The molecule has 0 spiro atoms. The highest BCUT2D eigenvalue weighted by Crippen LogP contribution is 2.14. The molecular formula is C22H24N4O4. The van der Waals surface area contributed by atoms with E-state index >= 15 is 0 Å². The van der Waals surface area contributed by atoms with Gasteiger partial charge in [0.1, 0.15) is 5.75 Å². The van der Waals surface area contributed by atoms with E-state index in [0.29, 0.717) is 23.5 Å². The van der Waals surface area contributed by atoms with Crippen molar-refractivity contribution >= 4 is 5.91 Å². The molecule has 1 N–H and O–H groups in total.